The molecule has 0 amide bonds. The molecule has 6 heteroatoms. The Hall–Kier alpha value is 1.69. The van der Waals surface area contributed by atoms with Crippen LogP contribution in [0.15, 0.2) is 0 Å². The first-order chi connectivity index (χ1) is 6.97. The van der Waals surface area contributed by atoms with Gasteiger partial charge in [0.05, 0.1) is 0 Å². The van der Waals surface area contributed by atoms with E-state index in [1.54, 1.807) is 0 Å². The number of thiol groups is 1. The molecule has 0 bridgehead atoms. The molecule has 0 aromatic carbocycles. The van der Waals surface area contributed by atoms with Crippen molar-refractivity contribution < 1.29 is 42.4 Å². The molecular formula is C9H23I2N3S-2. The normalized spacial score (nSPS) is 18.3. The van der Waals surface area contributed by atoms with Gasteiger partial charge in [-0.15, -0.1) is 0 Å². The third-order valence-corrected chi connectivity index (χ3v) is 10.9. The van der Waals surface area contributed by atoms with Gasteiger partial charge in [0.2, 0.25) is 0 Å². The van der Waals surface area contributed by atoms with Crippen molar-refractivity contribution in [1.29, 1.82) is 0 Å². The number of nitrogens with zero attached hydrogens (tertiary/aromatic N) is 1. The Labute approximate surface area is 120 Å². The van der Waals surface area contributed by atoms with Crippen molar-refractivity contribution in [3.63, 3.8) is 0 Å². The van der Waals surface area contributed by atoms with E-state index in [0.717, 1.165) is 4.05 Å². The number of rotatable bonds is 8. The summed E-state index contributed by atoms with van der Waals surface area (Å²) in [6.07, 6.45) is 0. The topological polar surface area (TPSA) is 41.3 Å². The van der Waals surface area contributed by atoms with Crippen molar-refractivity contribution in [2.45, 2.75) is 20.4 Å². The summed E-state index contributed by atoms with van der Waals surface area (Å²) in [5.41, 5.74) is 5.69. The van der Waals surface area contributed by atoms with Gasteiger partial charge in [-0.2, -0.15) is 0 Å². The standard InChI is InChI=1S/C9H23I2N3S/c1-7(14(3)4)5-10-8(13-2)6-11-9(12)15/h7-9,13,15H,5-6,12H2,1-4H3/q-2. The second kappa shape index (κ2) is 9.69. The summed E-state index contributed by atoms with van der Waals surface area (Å²) in [7, 11) is 6.37. The van der Waals surface area contributed by atoms with Crippen LogP contribution in [0.2, 0.25) is 0 Å². The average Bonchev–Trinajstić information content (AvgIpc) is 2.17. The van der Waals surface area contributed by atoms with Gasteiger partial charge in [0.25, 0.3) is 0 Å². The van der Waals surface area contributed by atoms with Gasteiger partial charge >= 0.3 is 121 Å². The van der Waals surface area contributed by atoms with Gasteiger partial charge in [-0.3, -0.25) is 0 Å². The molecule has 0 saturated heterocycles. The van der Waals surface area contributed by atoms with Crippen molar-refractivity contribution in [1.82, 2.24) is 10.2 Å². The summed E-state index contributed by atoms with van der Waals surface area (Å²) in [5.74, 6) is 0. The summed E-state index contributed by atoms with van der Waals surface area (Å²) in [5, 5.41) is 3.42. The van der Waals surface area contributed by atoms with Crippen LogP contribution >= 0.6 is 12.6 Å². The first kappa shape index (κ1) is 16.7. The van der Waals surface area contributed by atoms with E-state index in [1.165, 1.54) is 8.86 Å². The van der Waals surface area contributed by atoms with E-state index in [1.807, 2.05) is 0 Å². The minimum atomic E-state index is 0.0638. The van der Waals surface area contributed by atoms with Gasteiger partial charge in [0.15, 0.2) is 0 Å². The quantitative estimate of drug-likeness (QED) is 0.111. The van der Waals surface area contributed by atoms with Crippen LogP contribution in [0, 0.1) is 0 Å². The predicted molar refractivity (Wildman–Crippen MR) is 62.7 cm³/mol. The Morgan fingerprint density at radius 3 is 2.33 bits per heavy atom. The molecule has 3 unspecified atom stereocenters. The predicted octanol–water partition coefficient (Wildman–Crippen LogP) is -6.17. The van der Waals surface area contributed by atoms with Gasteiger partial charge in [0, 0.05) is 0 Å². The van der Waals surface area contributed by atoms with Gasteiger partial charge < -0.3 is 0 Å². The Morgan fingerprint density at radius 2 is 1.93 bits per heavy atom. The monoisotopic (exact) mass is 459 g/mol. The van der Waals surface area contributed by atoms with E-state index in [9.17, 15) is 0 Å². The summed E-state index contributed by atoms with van der Waals surface area (Å²) in [6, 6.07) is 0.705. The van der Waals surface area contributed by atoms with Crippen LogP contribution in [0.3, 0.4) is 0 Å². The summed E-state index contributed by atoms with van der Waals surface area (Å²) >= 11 is 4.56. The molecule has 0 rings (SSSR count). The average molecular weight is 459 g/mol. The summed E-state index contributed by atoms with van der Waals surface area (Å²) < 4.78 is 3.50. The first-order valence-corrected chi connectivity index (χ1v) is 11.0. The molecule has 0 aliphatic carbocycles. The van der Waals surface area contributed by atoms with E-state index in [0.29, 0.717) is 6.04 Å². The molecule has 0 aromatic heterocycles. The van der Waals surface area contributed by atoms with Gasteiger partial charge in [0.1, 0.15) is 0 Å². The zero-order chi connectivity index (χ0) is 11.8. The van der Waals surface area contributed by atoms with Crippen LogP contribution in [-0.2, 0) is 0 Å². The Balaban J connectivity index is 3.70. The molecule has 3 atom stereocenters. The Kier molecular flexibility index (Phi) is 10.8. The van der Waals surface area contributed by atoms with Crippen molar-refractivity contribution in [2.24, 2.45) is 5.73 Å². The van der Waals surface area contributed by atoms with Gasteiger partial charge in [-0.05, 0) is 0 Å². The number of hydrogen-bond acceptors (Lipinski definition) is 4. The van der Waals surface area contributed by atoms with Crippen molar-refractivity contribution in [2.75, 3.05) is 30.0 Å². The van der Waals surface area contributed by atoms with Crippen LogP contribution in [-0.4, -0.2) is 48.4 Å². The number of halogens is 2. The van der Waals surface area contributed by atoms with Crippen LogP contribution < -0.4 is 53.5 Å². The SMILES string of the molecule is CNC(C[I-]C(N)S)[I-]CC(C)N(C)C. The summed E-state index contributed by atoms with van der Waals surface area (Å²) in [6.45, 7) is 2.30. The molecule has 0 fully saturated rings. The number of alkyl halides is 4. The van der Waals surface area contributed by atoms with Crippen molar-refractivity contribution >= 4 is 12.6 Å². The fraction of sp³-hybridized carbons (Fsp3) is 1.00. The molecule has 0 spiro atoms. The van der Waals surface area contributed by atoms with Crippen LogP contribution in [0.1, 0.15) is 6.92 Å². The van der Waals surface area contributed by atoms with E-state index in [4.69, 9.17) is 5.73 Å². The molecule has 0 aliphatic heterocycles. The Morgan fingerprint density at radius 1 is 1.33 bits per heavy atom. The maximum atomic E-state index is 5.69. The molecule has 96 valence electrons. The van der Waals surface area contributed by atoms with E-state index < -0.39 is 0 Å². The third kappa shape index (κ3) is 9.40. The zero-order valence-corrected chi connectivity index (χ0v) is 15.1. The third-order valence-electron chi connectivity index (χ3n) is 2.08. The van der Waals surface area contributed by atoms with E-state index in [-0.39, 0.29) is 45.8 Å². The zero-order valence-electron chi connectivity index (χ0n) is 9.87. The molecule has 15 heavy (non-hydrogen) atoms. The molecule has 3 nitrogen and oxygen atoms in total. The molecule has 0 radical (unpaired) electrons. The second-order valence-corrected chi connectivity index (χ2v) is 11.5. The van der Waals surface area contributed by atoms with E-state index >= 15 is 0 Å². The molecule has 0 saturated carbocycles. The van der Waals surface area contributed by atoms with Crippen LogP contribution in [0.25, 0.3) is 0 Å². The van der Waals surface area contributed by atoms with Crippen LogP contribution in [0.5, 0.6) is 0 Å². The van der Waals surface area contributed by atoms with E-state index in [2.05, 4.69) is 50.9 Å². The minimum absolute atomic E-state index is 0.0638. The van der Waals surface area contributed by atoms with Gasteiger partial charge in [-0.1, -0.05) is 0 Å². The molecule has 0 aromatic rings. The summed E-state index contributed by atoms with van der Waals surface area (Å²) in [4.78, 5) is 2.30. The number of hydrogen-bond donors (Lipinski definition) is 3. The fourth-order valence-corrected chi connectivity index (χ4v) is 8.36. The van der Waals surface area contributed by atoms with Gasteiger partial charge in [-0.25, -0.2) is 0 Å². The van der Waals surface area contributed by atoms with Crippen molar-refractivity contribution in [3.05, 3.63) is 0 Å². The van der Waals surface area contributed by atoms with Crippen molar-refractivity contribution in [3.8, 4) is 0 Å². The molecule has 0 heterocycles. The first-order valence-electron chi connectivity index (χ1n) is 4.90. The molecule has 0 aliphatic rings. The number of nitrogens with two attached hydrogens (primary N) is 1. The number of nitrogens with one attached hydrogen (secondary N) is 1. The Bertz CT molecular complexity index is 158. The maximum absolute atomic E-state index is 5.69. The molecular weight excluding hydrogens is 436 g/mol. The fourth-order valence-electron chi connectivity index (χ4n) is 0.740. The molecule has 3 N–H and O–H groups in total. The second-order valence-electron chi connectivity index (χ2n) is 3.56. The van der Waals surface area contributed by atoms with Crippen LogP contribution in [0.4, 0.5) is 0 Å².